The number of hydrogen-bond donors (Lipinski definition) is 0. The van der Waals surface area contributed by atoms with E-state index in [9.17, 15) is 19.2 Å². The van der Waals surface area contributed by atoms with Crippen molar-refractivity contribution >= 4 is 51.8 Å². The minimum atomic E-state index is -1.01. The summed E-state index contributed by atoms with van der Waals surface area (Å²) < 4.78 is 5.64. The third-order valence-corrected chi connectivity index (χ3v) is 8.91. The first-order chi connectivity index (χ1) is 20.6. The van der Waals surface area contributed by atoms with Gasteiger partial charge in [-0.3, -0.25) is 19.3 Å². The number of carbonyl (C=O) groups excluding carboxylic acids is 4. The van der Waals surface area contributed by atoms with Crippen LogP contribution in [-0.4, -0.2) is 34.7 Å². The van der Waals surface area contributed by atoms with Crippen molar-refractivity contribution in [3.05, 3.63) is 94.5 Å². The van der Waals surface area contributed by atoms with Crippen LogP contribution in [0.4, 0.5) is 5.69 Å². The summed E-state index contributed by atoms with van der Waals surface area (Å²) >= 11 is 6.51. The summed E-state index contributed by atoms with van der Waals surface area (Å²) in [6.07, 6.45) is 1.41. The van der Waals surface area contributed by atoms with Gasteiger partial charge in [-0.1, -0.05) is 72.6 Å². The number of ether oxygens (including phenoxy) is 1. The van der Waals surface area contributed by atoms with Gasteiger partial charge in [-0.05, 0) is 63.3 Å². The van der Waals surface area contributed by atoms with Crippen LogP contribution in [0.15, 0.2) is 72.8 Å². The number of carbonyl (C=O) groups is 4. The molecule has 8 heteroatoms. The number of Topliss-reactive ketones (excluding diaryl/α,β-unsaturated/α-hetero) is 1. The van der Waals surface area contributed by atoms with E-state index in [0.29, 0.717) is 44.4 Å². The molecule has 2 aliphatic rings. The minimum Gasteiger partial charge on any atom is -0.451 e. The van der Waals surface area contributed by atoms with Crippen molar-refractivity contribution in [2.24, 2.45) is 17.8 Å². The van der Waals surface area contributed by atoms with E-state index in [2.05, 4.69) is 6.92 Å². The zero-order valence-electron chi connectivity index (χ0n) is 24.2. The molecule has 4 aromatic rings. The van der Waals surface area contributed by atoms with Crippen molar-refractivity contribution in [3.63, 3.8) is 0 Å². The molecule has 43 heavy (non-hydrogen) atoms. The molecule has 1 aliphatic heterocycles. The number of nitrogens with zero attached hydrogens (tertiary/aromatic N) is 2. The number of amides is 2. The second-order valence-electron chi connectivity index (χ2n) is 11.7. The lowest BCUT2D eigenvalue weighted by molar-refractivity contribution is -0.122. The quantitative estimate of drug-likeness (QED) is 0.133. The van der Waals surface area contributed by atoms with Gasteiger partial charge in [0.2, 0.25) is 17.6 Å². The number of hydrogen-bond acceptors (Lipinski definition) is 6. The molecule has 3 aromatic carbocycles. The lowest BCUT2D eigenvalue weighted by atomic mass is 9.76. The van der Waals surface area contributed by atoms with Gasteiger partial charge in [0.15, 0.2) is 6.10 Å². The topological polar surface area (TPSA) is 93.6 Å². The van der Waals surface area contributed by atoms with Crippen LogP contribution in [0, 0.1) is 24.7 Å². The maximum atomic E-state index is 13.5. The van der Waals surface area contributed by atoms with Crippen LogP contribution in [0.5, 0.6) is 0 Å². The van der Waals surface area contributed by atoms with Gasteiger partial charge >= 0.3 is 5.97 Å². The highest BCUT2D eigenvalue weighted by atomic mass is 35.5. The predicted octanol–water partition coefficient (Wildman–Crippen LogP) is 7.22. The molecule has 1 saturated carbocycles. The zero-order valence-corrected chi connectivity index (χ0v) is 24.9. The summed E-state index contributed by atoms with van der Waals surface area (Å²) in [5, 5.41) is 0.858. The summed E-state index contributed by atoms with van der Waals surface area (Å²) in [6, 6.07) is 20.8. The largest absolute Gasteiger partial charge is 0.451 e. The molecule has 6 rings (SSSR count). The Labute approximate surface area is 254 Å². The van der Waals surface area contributed by atoms with E-state index in [1.54, 1.807) is 67.6 Å². The Morgan fingerprint density at radius 2 is 1.65 bits per heavy atom. The monoisotopic (exact) mass is 594 g/mol. The Hall–Kier alpha value is -4.36. The van der Waals surface area contributed by atoms with E-state index < -0.39 is 12.1 Å². The first-order valence-electron chi connectivity index (χ1n) is 14.5. The van der Waals surface area contributed by atoms with E-state index in [4.69, 9.17) is 21.3 Å². The first-order valence-corrected chi connectivity index (χ1v) is 14.9. The van der Waals surface area contributed by atoms with Crippen LogP contribution in [0.3, 0.4) is 0 Å². The number of ketones is 1. The molecule has 2 amide bonds. The van der Waals surface area contributed by atoms with E-state index in [0.717, 1.165) is 24.8 Å². The van der Waals surface area contributed by atoms with Gasteiger partial charge < -0.3 is 4.74 Å². The van der Waals surface area contributed by atoms with Gasteiger partial charge in [0.1, 0.15) is 0 Å². The Morgan fingerprint density at radius 3 is 2.37 bits per heavy atom. The minimum absolute atomic E-state index is 0.135. The van der Waals surface area contributed by atoms with Gasteiger partial charge in [-0.2, -0.15) is 0 Å². The lowest BCUT2D eigenvalue weighted by Crippen LogP contribution is -2.30. The molecule has 4 unspecified atom stereocenters. The number of para-hydroxylation sites is 1. The number of imide groups is 1. The van der Waals surface area contributed by atoms with Crippen LogP contribution in [-0.2, 0) is 14.3 Å². The molecular formula is C35H31ClN2O5. The van der Waals surface area contributed by atoms with Crippen molar-refractivity contribution in [2.45, 2.75) is 46.1 Å². The molecule has 7 nitrogen and oxygen atoms in total. The van der Waals surface area contributed by atoms with Gasteiger partial charge in [-0.15, -0.1) is 0 Å². The molecule has 1 aromatic heterocycles. The van der Waals surface area contributed by atoms with Gasteiger partial charge in [0.05, 0.1) is 39.3 Å². The normalized spacial score (nSPS) is 20.7. The molecule has 0 spiro atoms. The molecule has 2 heterocycles. The van der Waals surface area contributed by atoms with Gasteiger partial charge in [0, 0.05) is 16.5 Å². The van der Waals surface area contributed by atoms with Gasteiger partial charge in [-0.25, -0.2) is 9.78 Å². The zero-order chi connectivity index (χ0) is 30.4. The fourth-order valence-electron chi connectivity index (χ4n) is 6.19. The van der Waals surface area contributed by atoms with Crippen LogP contribution >= 0.6 is 11.6 Å². The smallest absolute Gasteiger partial charge is 0.339 e. The third-order valence-electron chi connectivity index (χ3n) is 8.61. The predicted molar refractivity (Wildman–Crippen MR) is 165 cm³/mol. The third kappa shape index (κ3) is 5.34. The van der Waals surface area contributed by atoms with Crippen LogP contribution in [0.2, 0.25) is 5.02 Å². The highest BCUT2D eigenvalue weighted by Gasteiger charge is 2.49. The fraction of sp³-hybridized carbons (Fsp3) is 0.286. The number of aromatic nitrogens is 1. The number of benzene rings is 3. The van der Waals surface area contributed by atoms with Crippen molar-refractivity contribution in [2.75, 3.05) is 4.90 Å². The van der Waals surface area contributed by atoms with Crippen LogP contribution in [0.25, 0.3) is 22.2 Å². The molecule has 218 valence electrons. The van der Waals surface area contributed by atoms with E-state index in [1.165, 1.54) is 4.90 Å². The summed E-state index contributed by atoms with van der Waals surface area (Å²) in [6.45, 7) is 5.61. The second-order valence-corrected chi connectivity index (χ2v) is 12.1. The SMILES string of the molecule is Cc1ccc(C(=O)C(C)OC(=O)c2cc(-c3ccc(N4C(=O)C5CCC(C)CC5C4=O)cc3)nc3c(Cl)cccc23)cc1. The number of halogens is 1. The molecule has 1 aliphatic carbocycles. The maximum Gasteiger partial charge on any atom is 0.339 e. The molecule has 0 N–H and O–H groups in total. The molecule has 1 saturated heterocycles. The van der Waals surface area contributed by atoms with E-state index in [1.807, 2.05) is 19.1 Å². The number of aryl methyl sites for hydroxylation is 1. The van der Waals surface area contributed by atoms with Crippen molar-refractivity contribution in [1.82, 2.24) is 4.98 Å². The molecule has 2 fully saturated rings. The van der Waals surface area contributed by atoms with Crippen LogP contribution in [0.1, 0.15) is 59.4 Å². The Balaban J connectivity index is 1.30. The second kappa shape index (κ2) is 11.4. The number of fused-ring (bicyclic) bond motifs is 2. The summed E-state index contributed by atoms with van der Waals surface area (Å²) in [5.74, 6) is -1.33. The fourth-order valence-corrected chi connectivity index (χ4v) is 6.40. The standard InChI is InChI=1S/C35H31ClN2O5/c1-19-7-10-23(11-8-19)32(39)21(3)43-35(42)28-18-30(37-31-25(28)5-4-6-29(31)36)22-12-14-24(15-13-22)38-33(40)26-16-9-20(2)17-27(26)34(38)41/h4-8,10-15,18,20-21,26-27H,9,16-17H2,1-3H3. The summed E-state index contributed by atoms with van der Waals surface area (Å²) in [7, 11) is 0. The lowest BCUT2D eigenvalue weighted by Gasteiger charge is -2.25. The highest BCUT2D eigenvalue weighted by molar-refractivity contribution is 6.35. The van der Waals surface area contributed by atoms with E-state index in [-0.39, 0.29) is 35.0 Å². The highest BCUT2D eigenvalue weighted by Crippen LogP contribution is 2.42. The summed E-state index contributed by atoms with van der Waals surface area (Å²) in [5.41, 5.74) is 3.75. The molecular weight excluding hydrogens is 564 g/mol. The van der Waals surface area contributed by atoms with E-state index >= 15 is 0 Å². The van der Waals surface area contributed by atoms with Crippen molar-refractivity contribution in [1.29, 1.82) is 0 Å². The number of rotatable bonds is 6. The molecule has 4 atom stereocenters. The average Bonchev–Trinajstić information content (AvgIpc) is 3.25. The number of anilines is 1. The molecule has 0 bridgehead atoms. The Bertz CT molecular complexity index is 1770. The summed E-state index contributed by atoms with van der Waals surface area (Å²) in [4.78, 5) is 58.8. The Kier molecular flexibility index (Phi) is 7.61. The molecule has 0 radical (unpaired) electrons. The maximum absolute atomic E-state index is 13.5. The first kappa shape index (κ1) is 28.7. The van der Waals surface area contributed by atoms with Crippen molar-refractivity contribution < 1.29 is 23.9 Å². The van der Waals surface area contributed by atoms with Gasteiger partial charge in [0.25, 0.3) is 0 Å². The number of pyridine rings is 1. The van der Waals surface area contributed by atoms with Crippen molar-refractivity contribution in [3.8, 4) is 11.3 Å². The Morgan fingerprint density at radius 1 is 0.953 bits per heavy atom. The van der Waals surface area contributed by atoms with Crippen LogP contribution < -0.4 is 4.90 Å². The number of esters is 1. The average molecular weight is 595 g/mol.